The Balaban J connectivity index is 2.88. The van der Waals surface area contributed by atoms with Crippen molar-refractivity contribution in [2.45, 2.75) is 0 Å². The summed E-state index contributed by atoms with van der Waals surface area (Å²) in [5, 5.41) is 11.0. The Kier molecular flexibility index (Phi) is 3.06. The van der Waals surface area contributed by atoms with Gasteiger partial charge in [0.1, 0.15) is 6.54 Å². The van der Waals surface area contributed by atoms with Crippen LogP contribution in [0.25, 0.3) is 0 Å². The molecule has 0 saturated carbocycles. The number of hydrogen-bond acceptors (Lipinski definition) is 4. The first-order valence-electron chi connectivity index (χ1n) is 3.81. The highest BCUT2D eigenvalue weighted by Gasteiger charge is 2.07. The maximum absolute atomic E-state index is 11.1. The van der Waals surface area contributed by atoms with E-state index in [4.69, 9.17) is 5.11 Å². The number of carbonyl (C=O) groups excluding carboxylic acids is 1. The van der Waals surface area contributed by atoms with Gasteiger partial charge in [0, 0.05) is 5.56 Å². The predicted octanol–water partition coefficient (Wildman–Crippen LogP) is 1.33. The van der Waals surface area contributed by atoms with Crippen LogP contribution in [0.4, 0.5) is 0 Å². The maximum atomic E-state index is 11.1. The smallest absolute Gasteiger partial charge is 0.335 e. The Morgan fingerprint density at radius 2 is 1.64 bits per heavy atom. The summed E-state index contributed by atoms with van der Waals surface area (Å²) in [5.74, 6) is -1.48. The fraction of sp³-hybridized carbons (Fsp3) is 0.111. The van der Waals surface area contributed by atoms with E-state index < -0.39 is 18.3 Å². The van der Waals surface area contributed by atoms with Gasteiger partial charge in [0.15, 0.2) is 5.78 Å². The second kappa shape index (κ2) is 4.27. The second-order valence-electron chi connectivity index (χ2n) is 2.59. The van der Waals surface area contributed by atoms with Gasteiger partial charge in [0.05, 0.1) is 5.56 Å². The molecule has 0 fully saturated rings. The number of aromatic carboxylic acids is 1. The normalized spacial score (nSPS) is 9.43. The molecule has 0 aliphatic rings. The van der Waals surface area contributed by atoms with Crippen LogP contribution in [0, 0.1) is 4.91 Å². The molecule has 1 N–H and O–H groups in total. The third-order valence-electron chi connectivity index (χ3n) is 1.66. The van der Waals surface area contributed by atoms with Crippen molar-refractivity contribution in [3.8, 4) is 0 Å². The Hall–Kier alpha value is -2.04. The van der Waals surface area contributed by atoms with E-state index in [1.54, 1.807) is 0 Å². The van der Waals surface area contributed by atoms with E-state index in [2.05, 4.69) is 5.18 Å². The third-order valence-corrected chi connectivity index (χ3v) is 1.66. The lowest BCUT2D eigenvalue weighted by atomic mass is 10.1. The Labute approximate surface area is 79.3 Å². The van der Waals surface area contributed by atoms with Crippen molar-refractivity contribution in [1.82, 2.24) is 0 Å². The molecule has 0 atom stereocenters. The minimum atomic E-state index is -1.06. The minimum Gasteiger partial charge on any atom is -0.478 e. The maximum Gasteiger partial charge on any atom is 0.335 e. The summed E-state index contributed by atoms with van der Waals surface area (Å²) in [6.07, 6.45) is 0. The van der Waals surface area contributed by atoms with E-state index in [1.165, 1.54) is 24.3 Å². The third kappa shape index (κ3) is 2.22. The van der Waals surface area contributed by atoms with Gasteiger partial charge in [-0.3, -0.25) is 4.79 Å². The highest BCUT2D eigenvalue weighted by molar-refractivity contribution is 5.98. The molecule has 0 bridgehead atoms. The lowest BCUT2D eigenvalue weighted by Gasteiger charge is -1.97. The summed E-state index contributed by atoms with van der Waals surface area (Å²) in [6, 6.07) is 5.33. The number of ketones is 1. The van der Waals surface area contributed by atoms with Crippen LogP contribution in [-0.2, 0) is 0 Å². The van der Waals surface area contributed by atoms with Crippen LogP contribution in [0.1, 0.15) is 20.7 Å². The molecule has 0 spiro atoms. The van der Waals surface area contributed by atoms with Gasteiger partial charge in [-0.05, 0) is 12.1 Å². The molecular formula is C9H7NO4. The number of Topliss-reactive ketones (excluding diaryl/α,β-unsaturated/α-hetero) is 1. The minimum absolute atomic E-state index is 0.0978. The van der Waals surface area contributed by atoms with Crippen molar-refractivity contribution in [1.29, 1.82) is 0 Å². The van der Waals surface area contributed by atoms with E-state index in [0.717, 1.165) is 0 Å². The van der Waals surface area contributed by atoms with Crippen molar-refractivity contribution in [3.63, 3.8) is 0 Å². The van der Waals surface area contributed by atoms with Crippen molar-refractivity contribution in [2.24, 2.45) is 5.18 Å². The number of carboxylic acid groups (broad SMARTS) is 1. The molecule has 5 nitrogen and oxygen atoms in total. The summed E-state index contributed by atoms with van der Waals surface area (Å²) < 4.78 is 0. The molecule has 0 unspecified atom stereocenters. The number of nitroso groups, excluding NO2 is 1. The molecule has 5 heteroatoms. The molecule has 14 heavy (non-hydrogen) atoms. The molecule has 72 valence electrons. The van der Waals surface area contributed by atoms with Crippen LogP contribution in [-0.4, -0.2) is 23.4 Å². The zero-order valence-electron chi connectivity index (χ0n) is 7.14. The van der Waals surface area contributed by atoms with Crippen molar-refractivity contribution in [3.05, 3.63) is 40.3 Å². The van der Waals surface area contributed by atoms with E-state index in [0.29, 0.717) is 0 Å². The van der Waals surface area contributed by atoms with E-state index in [-0.39, 0.29) is 11.1 Å². The van der Waals surface area contributed by atoms with Gasteiger partial charge >= 0.3 is 5.97 Å². The van der Waals surface area contributed by atoms with Gasteiger partial charge in [-0.2, -0.15) is 4.91 Å². The Morgan fingerprint density at radius 3 is 2.07 bits per heavy atom. The zero-order valence-corrected chi connectivity index (χ0v) is 7.14. The van der Waals surface area contributed by atoms with E-state index in [1.807, 2.05) is 0 Å². The molecular weight excluding hydrogens is 186 g/mol. The number of nitrogens with zero attached hydrogens (tertiary/aromatic N) is 1. The van der Waals surface area contributed by atoms with Crippen LogP contribution in [0.5, 0.6) is 0 Å². The van der Waals surface area contributed by atoms with Gasteiger partial charge in [-0.15, -0.1) is 0 Å². The molecule has 0 aliphatic carbocycles. The number of carbonyl (C=O) groups is 2. The van der Waals surface area contributed by atoms with Gasteiger partial charge in [-0.1, -0.05) is 17.3 Å². The molecule has 0 radical (unpaired) electrons. The zero-order chi connectivity index (χ0) is 10.6. The van der Waals surface area contributed by atoms with Gasteiger partial charge in [-0.25, -0.2) is 4.79 Å². The fourth-order valence-electron chi connectivity index (χ4n) is 0.949. The van der Waals surface area contributed by atoms with Gasteiger partial charge < -0.3 is 5.11 Å². The van der Waals surface area contributed by atoms with E-state index >= 15 is 0 Å². The standard InChI is InChI=1S/C9H7NO4/c11-8(5-10-14)6-1-3-7(4-2-6)9(12)13/h1-4H,5H2,(H,12,13). The first-order valence-corrected chi connectivity index (χ1v) is 3.81. The average molecular weight is 193 g/mol. The summed E-state index contributed by atoms with van der Waals surface area (Å²) >= 11 is 0. The van der Waals surface area contributed by atoms with Crippen LogP contribution in [0.3, 0.4) is 0 Å². The number of carboxylic acids is 1. The molecule has 0 heterocycles. The molecule has 1 aromatic carbocycles. The molecule has 0 aromatic heterocycles. The SMILES string of the molecule is O=NCC(=O)c1ccc(C(=O)O)cc1. The van der Waals surface area contributed by atoms with Gasteiger partial charge in [0.25, 0.3) is 0 Å². The number of benzene rings is 1. The first kappa shape index (κ1) is 10.0. The highest BCUT2D eigenvalue weighted by atomic mass is 16.4. The molecule has 0 amide bonds. The summed E-state index contributed by atoms with van der Waals surface area (Å²) in [4.78, 5) is 31.3. The first-order chi connectivity index (χ1) is 6.65. The van der Waals surface area contributed by atoms with Gasteiger partial charge in [0.2, 0.25) is 0 Å². The average Bonchev–Trinajstić information content (AvgIpc) is 2.18. The molecule has 1 aromatic rings. The van der Waals surface area contributed by atoms with Crippen LogP contribution in [0.2, 0.25) is 0 Å². The summed E-state index contributed by atoms with van der Waals surface area (Å²) in [5.41, 5.74) is 0.384. The molecule has 1 rings (SSSR count). The quantitative estimate of drug-likeness (QED) is 0.577. The number of rotatable bonds is 4. The van der Waals surface area contributed by atoms with Crippen molar-refractivity contribution >= 4 is 11.8 Å². The van der Waals surface area contributed by atoms with Crippen molar-refractivity contribution in [2.75, 3.05) is 6.54 Å². The number of hydrogen-bond donors (Lipinski definition) is 1. The summed E-state index contributed by atoms with van der Waals surface area (Å²) in [6.45, 7) is -0.424. The predicted molar refractivity (Wildman–Crippen MR) is 48.4 cm³/mol. The lowest BCUT2D eigenvalue weighted by molar-refractivity contribution is 0.0696. The monoisotopic (exact) mass is 193 g/mol. The Morgan fingerprint density at radius 1 is 1.14 bits per heavy atom. The topological polar surface area (TPSA) is 83.8 Å². The van der Waals surface area contributed by atoms with Crippen LogP contribution >= 0.6 is 0 Å². The lowest BCUT2D eigenvalue weighted by Crippen LogP contribution is -2.03. The molecule has 0 aliphatic heterocycles. The van der Waals surface area contributed by atoms with Crippen molar-refractivity contribution < 1.29 is 14.7 Å². The largest absolute Gasteiger partial charge is 0.478 e. The highest BCUT2D eigenvalue weighted by Crippen LogP contribution is 2.05. The molecule has 0 saturated heterocycles. The van der Waals surface area contributed by atoms with Crippen LogP contribution in [0.15, 0.2) is 29.4 Å². The summed E-state index contributed by atoms with van der Waals surface area (Å²) in [7, 11) is 0. The fourth-order valence-corrected chi connectivity index (χ4v) is 0.949. The second-order valence-corrected chi connectivity index (χ2v) is 2.59. The Bertz CT molecular complexity index is 369. The van der Waals surface area contributed by atoms with Crippen LogP contribution < -0.4 is 0 Å². The van der Waals surface area contributed by atoms with E-state index in [9.17, 15) is 14.5 Å².